The number of hydrogen-bond acceptors (Lipinski definition) is 8. The van der Waals surface area contributed by atoms with Crippen molar-refractivity contribution in [3.05, 3.63) is 184 Å². The van der Waals surface area contributed by atoms with E-state index in [2.05, 4.69) is 289 Å². The Balaban J connectivity index is 0.970. The van der Waals surface area contributed by atoms with Gasteiger partial charge in [0, 0.05) is 75.8 Å². The Hall–Kier alpha value is -8.11. The molecule has 0 saturated heterocycles. The van der Waals surface area contributed by atoms with Crippen molar-refractivity contribution >= 4 is 145 Å². The Morgan fingerprint density at radius 3 is 1.13 bits per heavy atom. The van der Waals surface area contributed by atoms with Gasteiger partial charge >= 0.3 is 0 Å². The highest BCUT2D eigenvalue weighted by molar-refractivity contribution is 7.34. The van der Waals surface area contributed by atoms with Gasteiger partial charge in [0.05, 0.1) is 5.69 Å². The summed E-state index contributed by atoms with van der Waals surface area (Å²) in [4.78, 5) is 5.16. The van der Waals surface area contributed by atoms with E-state index in [0.717, 1.165) is 117 Å². The number of anilines is 6. The molecule has 0 aliphatic carbocycles. The number of aryl methyl sites for hydroxylation is 3. The van der Waals surface area contributed by atoms with Gasteiger partial charge in [0.1, 0.15) is 46.0 Å². The molecule has 0 atom stereocenters. The first-order chi connectivity index (χ1) is 47.9. The summed E-state index contributed by atoms with van der Waals surface area (Å²) in [5.74, 6) is 7.27. The summed E-state index contributed by atoms with van der Waals surface area (Å²) in [5, 5.41) is 2.38. The van der Waals surface area contributed by atoms with Crippen molar-refractivity contribution in [3.8, 4) is 46.0 Å². The van der Waals surface area contributed by atoms with E-state index in [4.69, 9.17) is 18.9 Å². The molecule has 0 saturated carbocycles. The molecule has 101 heavy (non-hydrogen) atoms. The van der Waals surface area contributed by atoms with Crippen molar-refractivity contribution in [1.82, 2.24) is 0 Å². The molecule has 17 rings (SSSR count). The molecule has 0 unspecified atom stereocenters. The van der Waals surface area contributed by atoms with Crippen molar-refractivity contribution in [2.24, 2.45) is 0 Å². The lowest BCUT2D eigenvalue weighted by Gasteiger charge is -2.43. The van der Waals surface area contributed by atoms with Crippen LogP contribution in [0.1, 0.15) is 207 Å². The number of hydrogen-bond donors (Lipinski definition) is 0. The lowest BCUT2D eigenvalue weighted by molar-refractivity contribution is 0.451. The molecule has 6 aliphatic rings. The highest BCUT2D eigenvalue weighted by Crippen LogP contribution is 2.53. The Morgan fingerprint density at radius 2 is 0.713 bits per heavy atom. The van der Waals surface area contributed by atoms with Gasteiger partial charge < -0.3 is 28.7 Å². The van der Waals surface area contributed by atoms with E-state index < -0.39 is 0 Å². The van der Waals surface area contributed by atoms with E-state index in [1.165, 1.54) is 113 Å². The van der Waals surface area contributed by atoms with E-state index in [1.54, 1.807) is 0 Å². The molecule has 2 aromatic heterocycles. The summed E-state index contributed by atoms with van der Waals surface area (Å²) in [7, 11) is 0. The molecule has 9 aromatic carbocycles. The third kappa shape index (κ3) is 9.83. The summed E-state index contributed by atoms with van der Waals surface area (Å²) in [6.07, 6.45) is 4.94. The fraction of sp³-hybridized carbons (Fsp3) is 0.356. The van der Waals surface area contributed by atoms with Gasteiger partial charge in [-0.3, -0.25) is 0 Å². The fourth-order valence-electron chi connectivity index (χ4n) is 17.1. The second-order valence-corrected chi connectivity index (χ2v) is 36.9. The number of thiophene rings is 2. The van der Waals surface area contributed by atoms with E-state index in [9.17, 15) is 0 Å². The molecular weight excluding hydrogens is 1270 g/mol. The van der Waals surface area contributed by atoms with Gasteiger partial charge in [-0.05, 0) is 235 Å². The lowest BCUT2D eigenvalue weighted by atomic mass is 9.31. The quantitative estimate of drug-likeness (QED) is 0.114. The molecule has 0 fully saturated rings. The number of ether oxygens (including phenoxy) is 4. The van der Waals surface area contributed by atoms with Crippen molar-refractivity contribution in [2.75, 3.05) is 9.80 Å². The largest absolute Gasteiger partial charge is 0.458 e. The second-order valence-electron chi connectivity index (χ2n) is 34.7. The van der Waals surface area contributed by atoms with Gasteiger partial charge in [-0.15, -0.1) is 22.7 Å². The van der Waals surface area contributed by atoms with Gasteiger partial charge in [-0.25, -0.2) is 0 Å². The number of fused-ring (bicyclic) bond motifs is 16. The highest BCUT2D eigenvalue weighted by atomic mass is 32.1. The molecule has 6 nitrogen and oxygen atoms in total. The van der Waals surface area contributed by atoms with E-state index in [0.29, 0.717) is 0 Å². The maximum Gasteiger partial charge on any atom is 0.268 e. The molecular formula is C90H95B3N2O4S2. The van der Waals surface area contributed by atoms with Crippen LogP contribution in [-0.4, -0.2) is 20.1 Å². The minimum absolute atomic E-state index is 0.0129. The predicted molar refractivity (Wildman–Crippen MR) is 436 cm³/mol. The van der Waals surface area contributed by atoms with Gasteiger partial charge in [-0.2, -0.15) is 0 Å². The third-order valence-electron chi connectivity index (χ3n) is 25.6. The molecule has 8 heterocycles. The average Bonchev–Trinajstić information content (AvgIpc) is 1.64. The van der Waals surface area contributed by atoms with E-state index in [1.807, 2.05) is 22.7 Å². The Bertz CT molecular complexity index is 5370. The van der Waals surface area contributed by atoms with Crippen molar-refractivity contribution in [1.29, 1.82) is 0 Å². The Labute approximate surface area is 609 Å². The van der Waals surface area contributed by atoms with Crippen molar-refractivity contribution in [2.45, 2.75) is 210 Å². The topological polar surface area (TPSA) is 43.4 Å². The van der Waals surface area contributed by atoms with Gasteiger partial charge in [0.2, 0.25) is 0 Å². The molecule has 0 spiro atoms. The maximum absolute atomic E-state index is 7.76. The summed E-state index contributed by atoms with van der Waals surface area (Å²) in [6, 6.07) is 53.0. The summed E-state index contributed by atoms with van der Waals surface area (Å²) in [6.45, 7) is 48.4. The molecule has 0 radical (unpaired) electrons. The minimum Gasteiger partial charge on any atom is -0.458 e. The van der Waals surface area contributed by atoms with E-state index >= 15 is 0 Å². The molecule has 0 bridgehead atoms. The summed E-state index contributed by atoms with van der Waals surface area (Å²) in [5.41, 5.74) is 25.9. The standard InChI is InChI=1S/C90H95B3N2O4S2/c1-22-86(12,13)53-29-33-75-59(37-53)81-83(100-75)92-61-45-63-69(47-65(61)94(58-31-27-52(28-32-58)85(9,10)11)67-39-55(88(16,17)24-3)41-71(98-81)77(67)92)96-73-43-57(90(20,21)26-5)44-74-79(73)91(63)64-46-62-66(48-70(64)97-74)95(80-50(7)35-49(6)36-51(80)8)68-40-56(89(18,19)25-4)42-72-78(68)93(62)84-82(99-72)60-38-54(87(14,15)23-2)30-34-76(60)101-84/h27-48H,22-26H2,1-21H3. The Kier molecular flexibility index (Phi) is 14.7. The zero-order valence-electron chi connectivity index (χ0n) is 63.3. The van der Waals surface area contributed by atoms with Crippen LogP contribution in [0.15, 0.2) is 133 Å². The van der Waals surface area contributed by atoms with Crippen LogP contribution < -0.4 is 76.5 Å². The van der Waals surface area contributed by atoms with Crippen LogP contribution in [0, 0.1) is 20.8 Å². The fourth-order valence-corrected chi connectivity index (χ4v) is 19.6. The van der Waals surface area contributed by atoms with Gasteiger partial charge in [-0.1, -0.05) is 179 Å². The van der Waals surface area contributed by atoms with Crippen LogP contribution in [-0.2, 0) is 32.5 Å². The third-order valence-corrected chi connectivity index (χ3v) is 28.1. The smallest absolute Gasteiger partial charge is 0.268 e. The van der Waals surface area contributed by atoms with Crippen LogP contribution in [0.2, 0.25) is 0 Å². The lowest BCUT2D eigenvalue weighted by Crippen LogP contribution is -2.64. The monoisotopic (exact) mass is 1360 g/mol. The molecule has 6 aliphatic heterocycles. The van der Waals surface area contributed by atoms with Crippen molar-refractivity contribution < 1.29 is 18.9 Å². The molecule has 510 valence electrons. The summed E-state index contributed by atoms with van der Waals surface area (Å²) >= 11 is 3.80. The number of benzene rings is 9. The van der Waals surface area contributed by atoms with Gasteiger partial charge in [0.15, 0.2) is 0 Å². The van der Waals surface area contributed by atoms with Crippen LogP contribution in [0.25, 0.3) is 20.2 Å². The SMILES string of the molecule is CCC(C)(C)c1cc2c3c(c1)Oc1cc4c(cc1B3c1cc3c(cc1O2)N(c1ccc(C(C)(C)C)cc1)c1cc(C(C)(C)CC)cc2c1B3c1sc3ccc(C(C)(C)CC)cc3c1O2)B1c2sc3ccc(C(C)(C)CC)cc3c2Oc2cc(C(C)(C)CC)cc(c21)N4c1c(C)cc(C)cc1C. The maximum atomic E-state index is 7.76. The number of nitrogens with zero attached hydrogens (tertiary/aromatic N) is 2. The molecule has 0 N–H and O–H groups in total. The second kappa shape index (κ2) is 22.5. The minimum atomic E-state index is -0.277. The zero-order chi connectivity index (χ0) is 71.0. The predicted octanol–water partition coefficient (Wildman–Crippen LogP) is 20.3. The van der Waals surface area contributed by atoms with Crippen LogP contribution in [0.4, 0.5) is 34.1 Å². The molecule has 11 aromatic rings. The molecule has 11 heteroatoms. The highest BCUT2D eigenvalue weighted by Gasteiger charge is 2.52. The summed E-state index contributed by atoms with van der Waals surface area (Å²) < 4.78 is 35.8. The van der Waals surface area contributed by atoms with Crippen LogP contribution >= 0.6 is 22.7 Å². The normalized spacial score (nSPS) is 14.8. The average molecular weight is 1370 g/mol. The van der Waals surface area contributed by atoms with Crippen LogP contribution in [0.5, 0.6) is 46.0 Å². The molecule has 0 amide bonds. The Morgan fingerprint density at radius 1 is 0.337 bits per heavy atom. The first-order valence-electron chi connectivity index (χ1n) is 37.4. The van der Waals surface area contributed by atoms with Crippen LogP contribution in [0.3, 0.4) is 0 Å². The number of rotatable bonds is 12. The van der Waals surface area contributed by atoms with Crippen molar-refractivity contribution in [3.63, 3.8) is 0 Å². The van der Waals surface area contributed by atoms with Gasteiger partial charge in [0.25, 0.3) is 20.1 Å². The first-order valence-corrected chi connectivity index (χ1v) is 39.1. The first kappa shape index (κ1) is 66.2. The zero-order valence-corrected chi connectivity index (χ0v) is 64.9. The van der Waals surface area contributed by atoms with E-state index in [-0.39, 0.29) is 52.6 Å².